The maximum Gasteiger partial charge on any atom is 0.219 e. The van der Waals surface area contributed by atoms with Crippen molar-refractivity contribution in [1.82, 2.24) is 10.3 Å². The van der Waals surface area contributed by atoms with Crippen LogP contribution in [0.25, 0.3) is 11.1 Å². The van der Waals surface area contributed by atoms with E-state index in [9.17, 15) is 4.79 Å². The molecule has 3 rings (SSSR count). The summed E-state index contributed by atoms with van der Waals surface area (Å²) in [7, 11) is 0. The summed E-state index contributed by atoms with van der Waals surface area (Å²) in [6, 6.07) is 6.19. The first-order chi connectivity index (χ1) is 10.6. The Morgan fingerprint density at radius 1 is 1.45 bits per heavy atom. The summed E-state index contributed by atoms with van der Waals surface area (Å²) in [5.74, 6) is 2.27. The van der Waals surface area contributed by atoms with Crippen molar-refractivity contribution in [3.8, 4) is 0 Å². The van der Waals surface area contributed by atoms with E-state index in [1.165, 1.54) is 5.56 Å². The highest BCUT2D eigenvalue weighted by Gasteiger charge is 2.40. The summed E-state index contributed by atoms with van der Waals surface area (Å²) in [5, 5.41) is 3.03. The molecule has 1 aromatic heterocycles. The normalized spacial score (nSPS) is 20.5. The summed E-state index contributed by atoms with van der Waals surface area (Å²) in [4.78, 5) is 16.1. The van der Waals surface area contributed by atoms with Gasteiger partial charge in [-0.3, -0.25) is 4.79 Å². The molecule has 2 aromatic rings. The number of fused-ring (bicyclic) bond motifs is 1. The number of hydrogen-bond acceptors (Lipinski definition) is 3. The van der Waals surface area contributed by atoms with Gasteiger partial charge in [0.25, 0.3) is 0 Å². The Morgan fingerprint density at radius 2 is 2.27 bits per heavy atom. The Balaban J connectivity index is 1.71. The standard InChI is InChI=1S/C18H24N2O2/c1-4-6-16(21)19-10-12-9-14(12)13-7-5-8-15-17(13)22-18(20-15)11(2)3/h5,7-8,11-12,14H,4,6,9-10H2,1-3H3,(H,19,21)/t12-,14+/m0/s1. The highest BCUT2D eigenvalue weighted by molar-refractivity contribution is 5.78. The summed E-state index contributed by atoms with van der Waals surface area (Å²) in [6.07, 6.45) is 2.63. The lowest BCUT2D eigenvalue weighted by Gasteiger charge is -2.04. The first-order valence-corrected chi connectivity index (χ1v) is 8.26. The second kappa shape index (κ2) is 6.11. The molecule has 1 heterocycles. The Morgan fingerprint density at radius 3 is 3.00 bits per heavy atom. The van der Waals surface area contributed by atoms with E-state index in [4.69, 9.17) is 4.42 Å². The van der Waals surface area contributed by atoms with E-state index in [0.29, 0.717) is 24.2 Å². The molecule has 0 bridgehead atoms. The fraction of sp³-hybridized carbons (Fsp3) is 0.556. The molecule has 118 valence electrons. The van der Waals surface area contributed by atoms with Crippen molar-refractivity contribution in [3.05, 3.63) is 29.7 Å². The molecule has 0 aliphatic heterocycles. The number of benzene rings is 1. The number of oxazole rings is 1. The molecule has 4 nitrogen and oxygen atoms in total. The number of rotatable bonds is 6. The summed E-state index contributed by atoms with van der Waals surface area (Å²) < 4.78 is 5.98. The molecule has 0 spiro atoms. The van der Waals surface area contributed by atoms with Gasteiger partial charge in [0.2, 0.25) is 5.91 Å². The quantitative estimate of drug-likeness (QED) is 0.878. The van der Waals surface area contributed by atoms with Crippen LogP contribution >= 0.6 is 0 Å². The van der Waals surface area contributed by atoms with Gasteiger partial charge in [-0.2, -0.15) is 0 Å². The van der Waals surface area contributed by atoms with Crippen LogP contribution < -0.4 is 5.32 Å². The van der Waals surface area contributed by atoms with Gasteiger partial charge < -0.3 is 9.73 Å². The average Bonchev–Trinajstić information content (AvgIpc) is 3.12. The molecule has 1 amide bonds. The lowest BCUT2D eigenvalue weighted by molar-refractivity contribution is -0.121. The maximum absolute atomic E-state index is 11.6. The molecule has 2 atom stereocenters. The van der Waals surface area contributed by atoms with Crippen molar-refractivity contribution in [3.63, 3.8) is 0 Å². The van der Waals surface area contributed by atoms with Gasteiger partial charge in [-0.1, -0.05) is 32.9 Å². The van der Waals surface area contributed by atoms with Gasteiger partial charge in [0.05, 0.1) is 0 Å². The van der Waals surface area contributed by atoms with Crippen LogP contribution in [0.1, 0.15) is 63.3 Å². The van der Waals surface area contributed by atoms with Crippen molar-refractivity contribution >= 4 is 17.0 Å². The van der Waals surface area contributed by atoms with Gasteiger partial charge >= 0.3 is 0 Å². The predicted octanol–water partition coefficient (Wildman–Crippen LogP) is 3.97. The largest absolute Gasteiger partial charge is 0.440 e. The number of para-hydroxylation sites is 1. The molecule has 1 aliphatic carbocycles. The molecule has 1 aromatic carbocycles. The van der Waals surface area contributed by atoms with Crippen molar-refractivity contribution in [1.29, 1.82) is 0 Å². The Labute approximate surface area is 131 Å². The lowest BCUT2D eigenvalue weighted by atomic mass is 10.1. The smallest absolute Gasteiger partial charge is 0.219 e. The monoisotopic (exact) mass is 300 g/mol. The van der Waals surface area contributed by atoms with Crippen molar-refractivity contribution < 1.29 is 9.21 Å². The van der Waals surface area contributed by atoms with E-state index in [-0.39, 0.29) is 5.91 Å². The third-order valence-electron chi connectivity index (χ3n) is 4.32. The van der Waals surface area contributed by atoms with Crippen LogP contribution in [0.2, 0.25) is 0 Å². The van der Waals surface area contributed by atoms with Crippen LogP contribution in [0.3, 0.4) is 0 Å². The van der Waals surface area contributed by atoms with Crippen LogP contribution in [-0.4, -0.2) is 17.4 Å². The van der Waals surface area contributed by atoms with E-state index in [0.717, 1.165) is 36.4 Å². The molecule has 1 fully saturated rings. The van der Waals surface area contributed by atoms with Crippen LogP contribution in [0.5, 0.6) is 0 Å². The van der Waals surface area contributed by atoms with E-state index in [1.54, 1.807) is 0 Å². The molecule has 0 saturated heterocycles. The fourth-order valence-corrected chi connectivity index (χ4v) is 2.94. The maximum atomic E-state index is 11.6. The molecular formula is C18H24N2O2. The minimum absolute atomic E-state index is 0.160. The zero-order valence-corrected chi connectivity index (χ0v) is 13.6. The van der Waals surface area contributed by atoms with Gasteiger partial charge in [-0.15, -0.1) is 0 Å². The van der Waals surface area contributed by atoms with Gasteiger partial charge in [0.1, 0.15) is 5.52 Å². The van der Waals surface area contributed by atoms with E-state index in [2.05, 4.69) is 36.3 Å². The predicted molar refractivity (Wildman–Crippen MR) is 86.9 cm³/mol. The Kier molecular flexibility index (Phi) is 4.19. The third kappa shape index (κ3) is 3.01. The molecule has 22 heavy (non-hydrogen) atoms. The number of nitrogens with one attached hydrogen (secondary N) is 1. The van der Waals surface area contributed by atoms with Crippen LogP contribution in [0, 0.1) is 5.92 Å². The van der Waals surface area contributed by atoms with Gasteiger partial charge in [-0.25, -0.2) is 4.98 Å². The Hall–Kier alpha value is -1.84. The van der Waals surface area contributed by atoms with Gasteiger partial charge in [0.15, 0.2) is 11.5 Å². The summed E-state index contributed by atoms with van der Waals surface area (Å²) in [5.41, 5.74) is 3.12. The number of carbonyl (C=O) groups excluding carboxylic acids is 1. The first-order valence-electron chi connectivity index (χ1n) is 8.26. The van der Waals surface area contributed by atoms with E-state index in [1.807, 2.05) is 13.0 Å². The Bertz CT molecular complexity index is 675. The number of amides is 1. The first kappa shape index (κ1) is 15.1. The number of nitrogens with zero attached hydrogens (tertiary/aromatic N) is 1. The zero-order chi connectivity index (χ0) is 15.7. The van der Waals surface area contributed by atoms with Crippen molar-refractivity contribution in [2.45, 2.75) is 51.9 Å². The van der Waals surface area contributed by atoms with Gasteiger partial charge in [0, 0.05) is 24.4 Å². The molecule has 1 saturated carbocycles. The van der Waals surface area contributed by atoms with Crippen LogP contribution in [-0.2, 0) is 4.79 Å². The third-order valence-corrected chi connectivity index (χ3v) is 4.32. The van der Waals surface area contributed by atoms with Crippen molar-refractivity contribution in [2.75, 3.05) is 6.54 Å². The minimum Gasteiger partial charge on any atom is -0.440 e. The summed E-state index contributed by atoms with van der Waals surface area (Å²) in [6.45, 7) is 6.97. The van der Waals surface area contributed by atoms with E-state index >= 15 is 0 Å². The van der Waals surface area contributed by atoms with Crippen LogP contribution in [0.15, 0.2) is 22.6 Å². The SMILES string of the molecule is CCCC(=O)NC[C@@H]1C[C@H]1c1cccc2nc(C(C)C)oc12. The van der Waals surface area contributed by atoms with Gasteiger partial charge in [-0.05, 0) is 30.7 Å². The van der Waals surface area contributed by atoms with Crippen molar-refractivity contribution in [2.24, 2.45) is 5.92 Å². The van der Waals surface area contributed by atoms with Crippen LogP contribution in [0.4, 0.5) is 0 Å². The highest BCUT2D eigenvalue weighted by Crippen LogP contribution is 2.49. The minimum atomic E-state index is 0.160. The van der Waals surface area contributed by atoms with E-state index < -0.39 is 0 Å². The molecule has 1 N–H and O–H groups in total. The summed E-state index contributed by atoms with van der Waals surface area (Å²) >= 11 is 0. The number of aromatic nitrogens is 1. The molecule has 4 heteroatoms. The second-order valence-corrected chi connectivity index (χ2v) is 6.56. The fourth-order valence-electron chi connectivity index (χ4n) is 2.94. The molecular weight excluding hydrogens is 276 g/mol. The topological polar surface area (TPSA) is 55.1 Å². The highest BCUT2D eigenvalue weighted by atomic mass is 16.3. The number of carbonyl (C=O) groups is 1. The number of hydrogen-bond donors (Lipinski definition) is 1. The molecule has 0 radical (unpaired) electrons. The molecule has 0 unspecified atom stereocenters. The lowest BCUT2D eigenvalue weighted by Crippen LogP contribution is -2.25. The second-order valence-electron chi connectivity index (χ2n) is 6.56. The zero-order valence-electron chi connectivity index (χ0n) is 13.6. The molecule has 1 aliphatic rings. The average molecular weight is 300 g/mol.